The van der Waals surface area contributed by atoms with Crippen LogP contribution in [0.1, 0.15) is 20.3 Å². The van der Waals surface area contributed by atoms with Gasteiger partial charge in [0.1, 0.15) is 0 Å². The second-order valence-electron chi connectivity index (χ2n) is 3.90. The van der Waals surface area contributed by atoms with E-state index in [9.17, 15) is 4.79 Å². The highest BCUT2D eigenvalue weighted by molar-refractivity contribution is 6.49. The van der Waals surface area contributed by atoms with E-state index in [2.05, 4.69) is 5.32 Å². The third kappa shape index (κ3) is 3.95. The minimum absolute atomic E-state index is 0.0506. The van der Waals surface area contributed by atoms with Crippen molar-refractivity contribution in [3.8, 4) is 0 Å². The van der Waals surface area contributed by atoms with Gasteiger partial charge in [0.2, 0.25) is 0 Å². The second-order valence-corrected chi connectivity index (χ2v) is 5.83. The summed E-state index contributed by atoms with van der Waals surface area (Å²) in [5, 5.41) is 3.13. The molecule has 94 valence electrons. The summed E-state index contributed by atoms with van der Waals surface area (Å²) < 4.78 is 11.0. The Bertz CT molecular complexity index is 222. The Morgan fingerprint density at radius 1 is 1.44 bits per heavy atom. The van der Waals surface area contributed by atoms with Gasteiger partial charge in [-0.05, 0) is 26.8 Å². The van der Waals surface area contributed by atoms with E-state index in [1.165, 1.54) is 0 Å². The first kappa shape index (κ1) is 13.8. The van der Waals surface area contributed by atoms with Gasteiger partial charge in [0, 0.05) is 25.3 Å². The number of carbonyl (C=O) groups is 1. The largest absolute Gasteiger partial charge is 0.397 e. The van der Waals surface area contributed by atoms with Crippen LogP contribution >= 0.6 is 0 Å². The number of rotatable bonds is 7. The van der Waals surface area contributed by atoms with Crippen molar-refractivity contribution in [2.45, 2.75) is 38.4 Å². The SMILES string of the molecule is CCO[SiH](CC(=O)[C@H]1NCCC1N)OCC. The molecule has 1 rings (SSSR count). The summed E-state index contributed by atoms with van der Waals surface area (Å²) in [6.07, 6.45) is 0.867. The highest BCUT2D eigenvalue weighted by Crippen LogP contribution is 2.10. The smallest absolute Gasteiger partial charge is 0.329 e. The number of nitrogens with two attached hydrogens (primary N) is 1. The summed E-state index contributed by atoms with van der Waals surface area (Å²) in [7, 11) is -1.82. The molecule has 1 aliphatic rings. The lowest BCUT2D eigenvalue weighted by Gasteiger charge is -2.18. The molecule has 0 aromatic rings. The van der Waals surface area contributed by atoms with Crippen molar-refractivity contribution >= 4 is 15.1 Å². The van der Waals surface area contributed by atoms with Crippen LogP contribution in [0.4, 0.5) is 0 Å². The van der Waals surface area contributed by atoms with E-state index in [4.69, 9.17) is 14.6 Å². The van der Waals surface area contributed by atoms with Gasteiger partial charge in [0.15, 0.2) is 5.78 Å². The van der Waals surface area contributed by atoms with E-state index in [0.717, 1.165) is 13.0 Å². The van der Waals surface area contributed by atoms with Crippen LogP contribution in [0.25, 0.3) is 0 Å². The molecule has 0 amide bonds. The summed E-state index contributed by atoms with van der Waals surface area (Å²) in [6, 6.07) is 0.161. The second kappa shape index (κ2) is 7.13. The maximum absolute atomic E-state index is 11.9. The normalized spacial score (nSPS) is 25.2. The zero-order valence-corrected chi connectivity index (χ0v) is 11.2. The van der Waals surface area contributed by atoms with Gasteiger partial charge >= 0.3 is 9.28 Å². The molecule has 0 aromatic carbocycles. The number of nitrogens with one attached hydrogen (secondary N) is 1. The molecule has 1 heterocycles. The molecule has 1 saturated heterocycles. The molecular weight excluding hydrogens is 224 g/mol. The lowest BCUT2D eigenvalue weighted by atomic mass is 10.1. The van der Waals surface area contributed by atoms with Gasteiger partial charge in [-0.15, -0.1) is 0 Å². The van der Waals surface area contributed by atoms with Gasteiger partial charge in [-0.2, -0.15) is 0 Å². The number of ketones is 1. The first-order chi connectivity index (χ1) is 7.69. The summed E-state index contributed by atoms with van der Waals surface area (Å²) in [5.74, 6) is 0.142. The fourth-order valence-electron chi connectivity index (χ4n) is 1.91. The van der Waals surface area contributed by atoms with Crippen molar-refractivity contribution in [3.05, 3.63) is 0 Å². The molecular formula is C10H22N2O3Si. The Kier molecular flexibility index (Phi) is 6.15. The lowest BCUT2D eigenvalue weighted by molar-refractivity contribution is -0.119. The average Bonchev–Trinajstić information content (AvgIpc) is 2.65. The molecule has 1 fully saturated rings. The fraction of sp³-hybridized carbons (Fsp3) is 0.900. The Morgan fingerprint density at radius 3 is 2.50 bits per heavy atom. The molecule has 5 nitrogen and oxygen atoms in total. The molecule has 0 bridgehead atoms. The quantitative estimate of drug-likeness (QED) is 0.595. The van der Waals surface area contributed by atoms with Gasteiger partial charge in [0.05, 0.1) is 6.04 Å². The highest BCUT2D eigenvalue weighted by Gasteiger charge is 2.32. The Labute approximate surface area is 98.5 Å². The van der Waals surface area contributed by atoms with Crippen LogP contribution in [0.5, 0.6) is 0 Å². The maximum Gasteiger partial charge on any atom is 0.329 e. The number of hydrogen-bond acceptors (Lipinski definition) is 5. The predicted octanol–water partition coefficient (Wildman–Crippen LogP) is -0.462. The van der Waals surface area contributed by atoms with Crippen molar-refractivity contribution in [2.75, 3.05) is 19.8 Å². The minimum Gasteiger partial charge on any atom is -0.397 e. The molecule has 0 aromatic heterocycles. The van der Waals surface area contributed by atoms with Crippen LogP contribution in [-0.4, -0.2) is 46.9 Å². The molecule has 1 aliphatic heterocycles. The number of hydrogen-bond donors (Lipinski definition) is 2. The van der Waals surface area contributed by atoms with Crippen LogP contribution in [-0.2, 0) is 13.6 Å². The zero-order valence-electron chi connectivity index (χ0n) is 10.1. The maximum atomic E-state index is 11.9. The predicted molar refractivity (Wildman–Crippen MR) is 64.6 cm³/mol. The van der Waals surface area contributed by atoms with Crippen molar-refractivity contribution in [2.24, 2.45) is 5.73 Å². The van der Waals surface area contributed by atoms with Gasteiger partial charge in [-0.1, -0.05) is 0 Å². The van der Waals surface area contributed by atoms with Gasteiger partial charge in [0.25, 0.3) is 0 Å². The molecule has 0 radical (unpaired) electrons. The van der Waals surface area contributed by atoms with E-state index < -0.39 is 9.28 Å². The summed E-state index contributed by atoms with van der Waals surface area (Å²) in [4.78, 5) is 11.9. The van der Waals surface area contributed by atoms with Crippen LogP contribution in [0.2, 0.25) is 6.04 Å². The monoisotopic (exact) mass is 246 g/mol. The zero-order chi connectivity index (χ0) is 12.0. The molecule has 0 aliphatic carbocycles. The van der Waals surface area contributed by atoms with Gasteiger partial charge in [-0.3, -0.25) is 4.79 Å². The number of carbonyl (C=O) groups excluding carboxylic acids is 1. The van der Waals surface area contributed by atoms with Crippen LogP contribution in [0.3, 0.4) is 0 Å². The Hall–Kier alpha value is -0.273. The van der Waals surface area contributed by atoms with E-state index in [-0.39, 0.29) is 17.9 Å². The minimum atomic E-state index is -1.82. The lowest BCUT2D eigenvalue weighted by Crippen LogP contribution is -2.44. The van der Waals surface area contributed by atoms with Crippen LogP contribution < -0.4 is 11.1 Å². The Balaban J connectivity index is 2.40. The first-order valence-electron chi connectivity index (χ1n) is 5.93. The van der Waals surface area contributed by atoms with E-state index in [1.54, 1.807) is 0 Å². The van der Waals surface area contributed by atoms with Crippen molar-refractivity contribution in [1.82, 2.24) is 5.32 Å². The van der Waals surface area contributed by atoms with Crippen molar-refractivity contribution < 1.29 is 13.6 Å². The summed E-state index contributed by atoms with van der Waals surface area (Å²) >= 11 is 0. The molecule has 0 saturated carbocycles. The van der Waals surface area contributed by atoms with Crippen molar-refractivity contribution in [3.63, 3.8) is 0 Å². The van der Waals surface area contributed by atoms with Gasteiger partial charge in [-0.25, -0.2) is 0 Å². The third-order valence-electron chi connectivity index (χ3n) is 2.69. The topological polar surface area (TPSA) is 73.6 Å². The molecule has 3 N–H and O–H groups in total. The number of Topliss-reactive ketones (excluding diaryl/α,β-unsaturated/α-hetero) is 1. The molecule has 1 unspecified atom stereocenters. The van der Waals surface area contributed by atoms with E-state index in [1.807, 2.05) is 13.8 Å². The molecule has 16 heavy (non-hydrogen) atoms. The van der Waals surface area contributed by atoms with E-state index >= 15 is 0 Å². The first-order valence-corrected chi connectivity index (χ1v) is 7.69. The van der Waals surface area contributed by atoms with Crippen molar-refractivity contribution in [1.29, 1.82) is 0 Å². The van der Waals surface area contributed by atoms with Crippen LogP contribution in [0.15, 0.2) is 0 Å². The average molecular weight is 246 g/mol. The highest BCUT2D eigenvalue weighted by atomic mass is 28.3. The van der Waals surface area contributed by atoms with Gasteiger partial charge < -0.3 is 19.9 Å². The van der Waals surface area contributed by atoms with E-state index in [0.29, 0.717) is 19.3 Å². The molecule has 6 heteroatoms. The van der Waals surface area contributed by atoms with Crippen LogP contribution in [0, 0.1) is 0 Å². The summed E-state index contributed by atoms with van der Waals surface area (Å²) in [5.41, 5.74) is 5.85. The molecule has 2 atom stereocenters. The summed E-state index contributed by atoms with van der Waals surface area (Å²) in [6.45, 7) is 5.88. The standard InChI is InChI=1S/C10H22N2O3Si/c1-3-14-16(15-4-2)7-9(13)10-8(11)5-6-12-10/h8,10,12,16H,3-7,11H2,1-2H3/t8?,10-/m0/s1. The molecule has 0 spiro atoms. The third-order valence-corrected chi connectivity index (χ3v) is 4.84. The fourth-order valence-corrected chi connectivity index (χ4v) is 3.56. The Morgan fingerprint density at radius 2 is 2.06 bits per heavy atom.